The summed E-state index contributed by atoms with van der Waals surface area (Å²) in [5.41, 5.74) is 1.35. The third-order valence-corrected chi connectivity index (χ3v) is 6.32. The van der Waals surface area contributed by atoms with Crippen molar-refractivity contribution >= 4 is 15.7 Å². The van der Waals surface area contributed by atoms with Crippen LogP contribution in [0.1, 0.15) is 10.4 Å². The first-order valence-electron chi connectivity index (χ1n) is 7.88. The van der Waals surface area contributed by atoms with Crippen molar-refractivity contribution in [2.75, 3.05) is 24.6 Å². The largest absolute Gasteiger partial charge is 0.332 e. The number of nitrogens with one attached hydrogen (secondary N) is 1. The first-order chi connectivity index (χ1) is 11.5. The molecule has 0 bridgehead atoms. The Hall–Kier alpha value is -2.19. The fraction of sp³-hybridized carbons (Fsp3) is 0.375. The average molecular weight is 346 g/mol. The lowest BCUT2D eigenvalue weighted by Gasteiger charge is -2.37. The van der Waals surface area contributed by atoms with Gasteiger partial charge in [-0.25, -0.2) is 13.1 Å². The molecule has 2 saturated heterocycles. The second-order valence-corrected chi connectivity index (χ2v) is 8.36. The van der Waals surface area contributed by atoms with Crippen molar-refractivity contribution in [3.8, 4) is 5.69 Å². The fourth-order valence-electron chi connectivity index (χ4n) is 3.49. The Morgan fingerprint density at radius 1 is 1.25 bits per heavy atom. The van der Waals surface area contributed by atoms with E-state index in [0.29, 0.717) is 18.7 Å². The summed E-state index contributed by atoms with van der Waals surface area (Å²) in [6, 6.07) is 8.61. The number of rotatable bonds is 2. The Morgan fingerprint density at radius 2 is 2.12 bits per heavy atom. The van der Waals surface area contributed by atoms with E-state index in [4.69, 9.17) is 0 Å². The Labute approximate surface area is 140 Å². The molecule has 0 unspecified atom stereocenters. The normalized spacial score (nSPS) is 25.4. The molecule has 0 spiro atoms. The maximum absolute atomic E-state index is 12.9. The zero-order valence-electron chi connectivity index (χ0n) is 13.0. The van der Waals surface area contributed by atoms with Gasteiger partial charge in [0.05, 0.1) is 23.2 Å². The number of nitrogens with zero attached hydrogens (tertiary/aromatic N) is 3. The van der Waals surface area contributed by atoms with Crippen LogP contribution in [0.3, 0.4) is 0 Å². The summed E-state index contributed by atoms with van der Waals surface area (Å²) < 4.78 is 25.5. The zero-order chi connectivity index (χ0) is 16.7. The molecule has 0 radical (unpaired) electrons. The van der Waals surface area contributed by atoms with Gasteiger partial charge in [-0.1, -0.05) is 6.07 Å². The van der Waals surface area contributed by atoms with Crippen molar-refractivity contribution in [1.82, 2.24) is 20.0 Å². The van der Waals surface area contributed by atoms with Crippen molar-refractivity contribution in [3.05, 3.63) is 48.3 Å². The molecule has 2 atom stereocenters. The molecule has 2 fully saturated rings. The molecule has 1 amide bonds. The molecular formula is C16H18N4O3S. The molecular weight excluding hydrogens is 328 g/mol. The van der Waals surface area contributed by atoms with E-state index in [1.165, 1.54) is 0 Å². The molecule has 126 valence electrons. The topological polar surface area (TPSA) is 84.3 Å². The van der Waals surface area contributed by atoms with E-state index >= 15 is 0 Å². The highest BCUT2D eigenvalue weighted by Crippen LogP contribution is 2.23. The van der Waals surface area contributed by atoms with Gasteiger partial charge in [-0.05, 0) is 24.3 Å². The van der Waals surface area contributed by atoms with Crippen molar-refractivity contribution in [2.24, 2.45) is 0 Å². The second kappa shape index (κ2) is 5.71. The lowest BCUT2D eigenvalue weighted by Crippen LogP contribution is -2.59. The summed E-state index contributed by atoms with van der Waals surface area (Å²) >= 11 is 0. The summed E-state index contributed by atoms with van der Waals surface area (Å²) in [6.45, 7) is 1.13. The Kier molecular flexibility index (Phi) is 3.65. The van der Waals surface area contributed by atoms with Crippen LogP contribution >= 0.6 is 0 Å². The van der Waals surface area contributed by atoms with Crippen LogP contribution in [0.15, 0.2) is 42.7 Å². The molecule has 2 aliphatic rings. The van der Waals surface area contributed by atoms with Gasteiger partial charge in [0, 0.05) is 37.1 Å². The fourth-order valence-corrected chi connectivity index (χ4v) is 5.44. The standard InChI is InChI=1S/C16H18N4O3S/c21-16(12-3-1-4-13(9-12)20-7-2-5-18-20)19-8-6-17-14-10-24(22,23)11-15(14)19/h1-5,7,9,14-15,17H,6,8,10-11H2/t14-,15+/m1/s1. The minimum absolute atomic E-state index is 0.0370. The Morgan fingerprint density at radius 3 is 2.92 bits per heavy atom. The number of fused-ring (bicyclic) bond motifs is 1. The van der Waals surface area contributed by atoms with Crippen LogP contribution in [0, 0.1) is 0 Å². The number of amides is 1. The third-order valence-electron chi connectivity index (χ3n) is 4.61. The van der Waals surface area contributed by atoms with Gasteiger partial charge in [0.15, 0.2) is 9.84 Å². The van der Waals surface area contributed by atoms with E-state index in [0.717, 1.165) is 5.69 Å². The van der Waals surface area contributed by atoms with Gasteiger partial charge in [-0.3, -0.25) is 4.79 Å². The number of piperazine rings is 1. The van der Waals surface area contributed by atoms with Gasteiger partial charge in [0.25, 0.3) is 5.91 Å². The molecule has 1 aromatic carbocycles. The van der Waals surface area contributed by atoms with E-state index in [-0.39, 0.29) is 29.5 Å². The van der Waals surface area contributed by atoms with Crippen LogP contribution in [0.25, 0.3) is 5.69 Å². The first kappa shape index (κ1) is 15.3. The zero-order valence-corrected chi connectivity index (χ0v) is 13.8. The number of carbonyl (C=O) groups is 1. The van der Waals surface area contributed by atoms with Crippen molar-refractivity contribution in [2.45, 2.75) is 12.1 Å². The van der Waals surface area contributed by atoms with Gasteiger partial charge >= 0.3 is 0 Å². The van der Waals surface area contributed by atoms with E-state index in [1.807, 2.05) is 24.4 Å². The Bertz CT molecular complexity index is 863. The summed E-state index contributed by atoms with van der Waals surface area (Å²) in [4.78, 5) is 14.7. The minimum atomic E-state index is -3.09. The summed E-state index contributed by atoms with van der Waals surface area (Å²) in [5, 5.41) is 7.39. The first-order valence-corrected chi connectivity index (χ1v) is 9.70. The van der Waals surface area contributed by atoms with E-state index in [2.05, 4.69) is 10.4 Å². The summed E-state index contributed by atoms with van der Waals surface area (Å²) in [6.07, 6.45) is 3.49. The summed E-state index contributed by atoms with van der Waals surface area (Å²) in [7, 11) is -3.09. The van der Waals surface area contributed by atoms with Gasteiger partial charge in [0.2, 0.25) is 0 Å². The number of sulfone groups is 1. The molecule has 0 aliphatic carbocycles. The summed E-state index contributed by atoms with van der Waals surface area (Å²) in [5.74, 6) is 0.0157. The van der Waals surface area contributed by atoms with Crippen LogP contribution < -0.4 is 5.32 Å². The highest BCUT2D eigenvalue weighted by Gasteiger charge is 2.44. The number of aromatic nitrogens is 2. The van der Waals surface area contributed by atoms with Gasteiger partial charge < -0.3 is 10.2 Å². The van der Waals surface area contributed by atoms with Crippen LogP contribution in [0.4, 0.5) is 0 Å². The van der Waals surface area contributed by atoms with Crippen LogP contribution in [0.5, 0.6) is 0 Å². The molecule has 1 aromatic heterocycles. The van der Waals surface area contributed by atoms with Gasteiger partial charge in [-0.2, -0.15) is 5.10 Å². The molecule has 1 N–H and O–H groups in total. The van der Waals surface area contributed by atoms with E-state index < -0.39 is 9.84 Å². The molecule has 2 aliphatic heterocycles. The second-order valence-electron chi connectivity index (χ2n) is 6.20. The van der Waals surface area contributed by atoms with Crippen molar-refractivity contribution in [1.29, 1.82) is 0 Å². The quantitative estimate of drug-likeness (QED) is 0.833. The van der Waals surface area contributed by atoms with Crippen molar-refractivity contribution in [3.63, 3.8) is 0 Å². The predicted octanol–water partition coefficient (Wildman–Crippen LogP) is 0.0833. The molecule has 3 heterocycles. The van der Waals surface area contributed by atoms with Crippen LogP contribution in [-0.4, -0.2) is 65.7 Å². The monoisotopic (exact) mass is 346 g/mol. The third kappa shape index (κ3) is 2.71. The maximum atomic E-state index is 12.9. The Balaban J connectivity index is 1.63. The lowest BCUT2D eigenvalue weighted by atomic mass is 10.1. The highest BCUT2D eigenvalue weighted by molar-refractivity contribution is 7.91. The number of hydrogen-bond acceptors (Lipinski definition) is 5. The highest BCUT2D eigenvalue weighted by atomic mass is 32.2. The molecule has 8 heteroatoms. The lowest BCUT2D eigenvalue weighted by molar-refractivity contribution is 0.0621. The molecule has 7 nitrogen and oxygen atoms in total. The number of benzene rings is 1. The predicted molar refractivity (Wildman–Crippen MR) is 88.8 cm³/mol. The molecule has 4 rings (SSSR count). The number of hydrogen-bond donors (Lipinski definition) is 1. The van der Waals surface area contributed by atoms with Crippen LogP contribution in [0.2, 0.25) is 0 Å². The number of carbonyl (C=O) groups excluding carboxylic acids is 1. The molecule has 0 saturated carbocycles. The smallest absolute Gasteiger partial charge is 0.254 e. The maximum Gasteiger partial charge on any atom is 0.254 e. The average Bonchev–Trinajstić information content (AvgIpc) is 3.19. The molecule has 2 aromatic rings. The van der Waals surface area contributed by atoms with Crippen LogP contribution in [-0.2, 0) is 9.84 Å². The molecule has 24 heavy (non-hydrogen) atoms. The van der Waals surface area contributed by atoms with Gasteiger partial charge in [-0.15, -0.1) is 0 Å². The van der Waals surface area contributed by atoms with Gasteiger partial charge in [0.1, 0.15) is 0 Å². The van der Waals surface area contributed by atoms with Crippen molar-refractivity contribution < 1.29 is 13.2 Å². The minimum Gasteiger partial charge on any atom is -0.332 e. The SMILES string of the molecule is O=C(c1cccc(-n2cccn2)c1)N1CCN[C@@H]2CS(=O)(=O)C[C@@H]21. The van der Waals surface area contributed by atoms with E-state index in [1.54, 1.807) is 27.9 Å². The van der Waals surface area contributed by atoms with E-state index in [9.17, 15) is 13.2 Å².